The van der Waals surface area contributed by atoms with Crippen LogP contribution in [-0.4, -0.2) is 30.4 Å². The first-order valence-electron chi connectivity index (χ1n) is 11.2. The molecule has 4 fully saturated rings. The minimum atomic E-state index is 0.0941. The minimum absolute atomic E-state index is 0.0941. The van der Waals surface area contributed by atoms with Crippen molar-refractivity contribution in [2.45, 2.75) is 69.7 Å². The lowest BCUT2D eigenvalue weighted by atomic mass is 9.64. The van der Waals surface area contributed by atoms with Gasteiger partial charge in [0.25, 0.3) is 0 Å². The number of nitrogens with one attached hydrogen (secondary N) is 1. The summed E-state index contributed by atoms with van der Waals surface area (Å²) in [5.74, 6) is 3.12. The molecular weight excluding hydrogens is 332 g/mol. The molecule has 5 aliphatic rings. The normalized spacial score (nSPS) is 34.6. The highest BCUT2D eigenvalue weighted by Crippen LogP contribution is 2.51. The molecule has 2 bridgehead atoms. The molecule has 1 spiro atoms. The minimum Gasteiger partial charge on any atom is -0.349 e. The number of likely N-dealkylation sites (tertiary alicyclic amines) is 1. The van der Waals surface area contributed by atoms with Crippen LogP contribution in [0.5, 0.6) is 0 Å². The van der Waals surface area contributed by atoms with Gasteiger partial charge in [-0.25, -0.2) is 0 Å². The lowest BCUT2D eigenvalue weighted by molar-refractivity contribution is -0.119. The molecule has 3 saturated carbocycles. The van der Waals surface area contributed by atoms with Gasteiger partial charge in [0.05, 0.1) is 6.04 Å². The second-order valence-corrected chi connectivity index (χ2v) is 9.90. The zero-order chi connectivity index (χ0) is 18.4. The van der Waals surface area contributed by atoms with Crippen LogP contribution in [0.4, 0.5) is 0 Å². The van der Waals surface area contributed by atoms with E-state index in [9.17, 15) is 4.79 Å². The van der Waals surface area contributed by atoms with Crippen molar-refractivity contribution in [1.82, 2.24) is 10.2 Å². The number of hydrogen-bond acceptors (Lipinski definition) is 2. The van der Waals surface area contributed by atoms with Gasteiger partial charge < -0.3 is 10.2 Å². The third-order valence-electron chi connectivity index (χ3n) is 8.38. The number of hydrogen-bond donors (Lipinski definition) is 1. The Balaban J connectivity index is 1.26. The van der Waals surface area contributed by atoms with E-state index in [1.807, 2.05) is 0 Å². The third-order valence-corrected chi connectivity index (χ3v) is 8.38. The van der Waals surface area contributed by atoms with E-state index in [1.54, 1.807) is 6.92 Å². The summed E-state index contributed by atoms with van der Waals surface area (Å²) in [6.45, 7) is 5.45. The van der Waals surface area contributed by atoms with Crippen LogP contribution in [0.2, 0.25) is 0 Å². The topological polar surface area (TPSA) is 32.3 Å². The van der Waals surface area contributed by atoms with Crippen LogP contribution in [-0.2, 0) is 10.2 Å². The average Bonchev–Trinajstić information content (AvgIpc) is 2.98. The number of fused-ring (bicyclic) bond motifs is 5. The Bertz CT molecular complexity index is 698. The number of nitrogens with zero attached hydrogens (tertiary/aromatic N) is 1. The highest BCUT2D eigenvalue weighted by molar-refractivity contribution is 5.73. The molecule has 1 saturated heterocycles. The van der Waals surface area contributed by atoms with E-state index in [2.05, 4.69) is 34.5 Å². The Hall–Kier alpha value is -1.35. The Morgan fingerprint density at radius 2 is 1.89 bits per heavy atom. The number of carbonyl (C=O) groups excluding carboxylic acids is 1. The molecule has 3 heteroatoms. The molecule has 27 heavy (non-hydrogen) atoms. The van der Waals surface area contributed by atoms with Crippen LogP contribution in [0, 0.1) is 17.8 Å². The first-order valence-corrected chi connectivity index (χ1v) is 11.2. The van der Waals surface area contributed by atoms with Gasteiger partial charge in [-0.1, -0.05) is 37.1 Å². The van der Waals surface area contributed by atoms with Crippen molar-refractivity contribution in [3.63, 3.8) is 0 Å². The summed E-state index contributed by atoms with van der Waals surface area (Å²) in [6.07, 6.45) is 11.1. The molecule has 2 atom stereocenters. The molecule has 1 heterocycles. The van der Waals surface area contributed by atoms with Crippen LogP contribution in [0.25, 0.3) is 0 Å². The van der Waals surface area contributed by atoms with Crippen molar-refractivity contribution in [2.75, 3.05) is 19.6 Å². The molecule has 1 aliphatic heterocycles. The van der Waals surface area contributed by atoms with Crippen LogP contribution in [0.15, 0.2) is 24.3 Å². The molecule has 0 radical (unpaired) electrons. The Kier molecular flexibility index (Phi) is 4.54. The van der Waals surface area contributed by atoms with Gasteiger partial charge in [-0.15, -0.1) is 0 Å². The Morgan fingerprint density at radius 3 is 2.56 bits per heavy atom. The molecule has 6 rings (SSSR count). The van der Waals surface area contributed by atoms with E-state index in [4.69, 9.17) is 0 Å². The van der Waals surface area contributed by atoms with E-state index in [-0.39, 0.29) is 17.4 Å². The summed E-state index contributed by atoms with van der Waals surface area (Å²) >= 11 is 0. The highest BCUT2D eigenvalue weighted by atomic mass is 16.1. The average molecular weight is 367 g/mol. The van der Waals surface area contributed by atoms with E-state index < -0.39 is 0 Å². The highest BCUT2D eigenvalue weighted by Gasteiger charge is 2.46. The Labute approximate surface area is 163 Å². The second kappa shape index (κ2) is 6.92. The fraction of sp³-hybridized carbons (Fsp3) is 0.708. The van der Waals surface area contributed by atoms with Crippen molar-refractivity contribution < 1.29 is 4.79 Å². The van der Waals surface area contributed by atoms with Crippen molar-refractivity contribution in [1.29, 1.82) is 0 Å². The van der Waals surface area contributed by atoms with Gasteiger partial charge in [0.15, 0.2) is 0 Å². The van der Waals surface area contributed by atoms with E-state index in [0.29, 0.717) is 0 Å². The van der Waals surface area contributed by atoms with Crippen molar-refractivity contribution in [2.24, 2.45) is 17.8 Å². The SMILES string of the molecule is CC(=O)N[C@H]1CC2(CCN(CC3CC4CCC3CC4)CC2)c2ccccc21. The van der Waals surface area contributed by atoms with Gasteiger partial charge >= 0.3 is 0 Å². The van der Waals surface area contributed by atoms with Crippen LogP contribution in [0.1, 0.15) is 75.5 Å². The number of rotatable bonds is 3. The number of carbonyl (C=O) groups is 1. The standard InChI is InChI=1S/C24H34N2O/c1-17(27)25-23-15-24(22-5-3-2-4-21(22)23)10-12-26(13-11-24)16-20-14-18-6-8-19(20)9-7-18/h2-5,18-20,23H,6-16H2,1H3,(H,25,27)/t18?,19?,20?,23-/m0/s1. The van der Waals surface area contributed by atoms with Crippen LogP contribution >= 0.6 is 0 Å². The van der Waals surface area contributed by atoms with Gasteiger partial charge in [0, 0.05) is 18.9 Å². The monoisotopic (exact) mass is 366 g/mol. The molecule has 0 aromatic heterocycles. The molecule has 1 N–H and O–H groups in total. The lowest BCUT2D eigenvalue weighted by Crippen LogP contribution is -2.46. The van der Waals surface area contributed by atoms with Crippen molar-refractivity contribution >= 4 is 5.91 Å². The van der Waals surface area contributed by atoms with Crippen LogP contribution in [0.3, 0.4) is 0 Å². The maximum Gasteiger partial charge on any atom is 0.217 e. The van der Waals surface area contributed by atoms with Gasteiger partial charge in [-0.05, 0) is 80.5 Å². The van der Waals surface area contributed by atoms with Gasteiger partial charge in [-0.2, -0.15) is 0 Å². The van der Waals surface area contributed by atoms with Gasteiger partial charge in [0.2, 0.25) is 5.91 Å². The summed E-state index contributed by atoms with van der Waals surface area (Å²) in [5, 5.41) is 3.21. The number of piperidine rings is 1. The predicted octanol–water partition coefficient (Wildman–Crippen LogP) is 4.43. The molecule has 3 nitrogen and oxygen atoms in total. The fourth-order valence-corrected chi connectivity index (χ4v) is 6.98. The molecule has 1 aromatic rings. The van der Waals surface area contributed by atoms with Gasteiger partial charge in [0.1, 0.15) is 0 Å². The quantitative estimate of drug-likeness (QED) is 0.858. The number of amides is 1. The molecule has 1 aromatic carbocycles. The zero-order valence-corrected chi connectivity index (χ0v) is 16.8. The zero-order valence-electron chi connectivity index (χ0n) is 16.8. The first-order chi connectivity index (χ1) is 13.1. The van der Waals surface area contributed by atoms with Crippen molar-refractivity contribution in [3.8, 4) is 0 Å². The fourth-order valence-electron chi connectivity index (χ4n) is 6.98. The summed E-state index contributed by atoms with van der Waals surface area (Å²) < 4.78 is 0. The maximum atomic E-state index is 11.7. The number of benzene rings is 1. The first kappa shape index (κ1) is 17.7. The van der Waals surface area contributed by atoms with E-state index >= 15 is 0 Å². The molecule has 146 valence electrons. The van der Waals surface area contributed by atoms with Crippen LogP contribution < -0.4 is 5.32 Å². The summed E-state index contributed by atoms with van der Waals surface area (Å²) in [4.78, 5) is 14.5. The van der Waals surface area contributed by atoms with E-state index in [1.165, 1.54) is 75.7 Å². The molecule has 4 aliphatic carbocycles. The Morgan fingerprint density at radius 1 is 1.15 bits per heavy atom. The smallest absolute Gasteiger partial charge is 0.217 e. The summed E-state index contributed by atoms with van der Waals surface area (Å²) in [5.41, 5.74) is 3.16. The van der Waals surface area contributed by atoms with Crippen molar-refractivity contribution in [3.05, 3.63) is 35.4 Å². The lowest BCUT2D eigenvalue weighted by Gasteiger charge is -2.46. The van der Waals surface area contributed by atoms with E-state index in [0.717, 1.165) is 24.2 Å². The molecule has 1 amide bonds. The third kappa shape index (κ3) is 3.22. The largest absolute Gasteiger partial charge is 0.349 e. The summed E-state index contributed by atoms with van der Waals surface area (Å²) in [7, 11) is 0. The predicted molar refractivity (Wildman–Crippen MR) is 109 cm³/mol. The van der Waals surface area contributed by atoms with Gasteiger partial charge in [-0.3, -0.25) is 4.79 Å². The summed E-state index contributed by atoms with van der Waals surface area (Å²) in [6, 6.07) is 9.07. The maximum absolute atomic E-state index is 11.7. The second-order valence-electron chi connectivity index (χ2n) is 9.90. The molecule has 1 unspecified atom stereocenters. The molecular formula is C24H34N2O.